The van der Waals surface area contributed by atoms with Crippen LogP contribution >= 0.6 is 0 Å². The molecule has 3 aromatic rings. The third kappa shape index (κ3) is 2.64. The summed E-state index contributed by atoms with van der Waals surface area (Å²) < 4.78 is 32.1. The predicted molar refractivity (Wildman–Crippen MR) is 72.0 cm³/mol. The van der Waals surface area contributed by atoms with E-state index >= 15 is 0 Å². The van der Waals surface area contributed by atoms with E-state index in [4.69, 9.17) is 14.0 Å². The maximum atomic E-state index is 11.9. The Morgan fingerprint density at radius 2 is 2.05 bits per heavy atom. The zero-order chi connectivity index (χ0) is 15.0. The van der Waals surface area contributed by atoms with Crippen LogP contribution in [0.25, 0.3) is 11.1 Å². The van der Waals surface area contributed by atoms with E-state index in [1.54, 1.807) is 18.2 Å². The zero-order valence-corrected chi connectivity index (χ0v) is 11.3. The van der Waals surface area contributed by atoms with Gasteiger partial charge in [-0.1, -0.05) is 0 Å². The second-order valence-electron chi connectivity index (χ2n) is 4.15. The first-order valence-corrected chi connectivity index (χ1v) is 7.25. The van der Waals surface area contributed by atoms with Gasteiger partial charge in [-0.15, -0.1) is 0 Å². The van der Waals surface area contributed by atoms with Gasteiger partial charge in [-0.3, -0.25) is 4.79 Å². The van der Waals surface area contributed by atoms with Crippen molar-refractivity contribution in [3.05, 3.63) is 42.5 Å². The summed E-state index contributed by atoms with van der Waals surface area (Å²) in [6.45, 7) is 0. The molecule has 2 aromatic heterocycles. The number of nitrogens with one attached hydrogen (secondary N) is 1. The van der Waals surface area contributed by atoms with E-state index in [0.29, 0.717) is 16.8 Å². The molecular formula is C12H9N3O5S. The molecule has 1 aromatic carbocycles. The number of amides is 1. The molecule has 0 spiro atoms. The van der Waals surface area contributed by atoms with Crippen LogP contribution in [-0.4, -0.2) is 19.3 Å². The summed E-state index contributed by atoms with van der Waals surface area (Å²) in [5, 5.41) is 6.98. The van der Waals surface area contributed by atoms with Crippen molar-refractivity contribution in [1.29, 1.82) is 0 Å². The third-order valence-corrected chi connectivity index (χ3v) is 3.45. The summed E-state index contributed by atoms with van der Waals surface area (Å²) in [4.78, 5) is 15.9. The summed E-state index contributed by atoms with van der Waals surface area (Å²) in [5.74, 6) is -0.771. The lowest BCUT2D eigenvalue weighted by Crippen LogP contribution is -2.12. The van der Waals surface area contributed by atoms with Crippen molar-refractivity contribution in [3.63, 3.8) is 0 Å². The van der Waals surface area contributed by atoms with Gasteiger partial charge in [-0.25, -0.2) is 18.5 Å². The standard InChI is InChI=1S/C12H9N3O5S/c13-21(17,18)11-4-3-10(20-11)12(16)15-7-1-2-9-8(5-7)14-6-19-9/h1-6H,(H,15,16)(H2,13,17,18). The molecule has 0 aliphatic carbocycles. The maximum absolute atomic E-state index is 11.9. The number of oxazole rings is 1. The van der Waals surface area contributed by atoms with E-state index in [1.807, 2.05) is 0 Å². The molecule has 1 amide bonds. The number of nitrogens with two attached hydrogens (primary N) is 1. The smallest absolute Gasteiger partial charge is 0.291 e. The number of carbonyl (C=O) groups excluding carboxylic acids is 1. The third-order valence-electron chi connectivity index (χ3n) is 2.67. The van der Waals surface area contributed by atoms with Crippen molar-refractivity contribution >= 4 is 32.7 Å². The SMILES string of the molecule is NS(=O)(=O)c1ccc(C(=O)Nc2ccc3ocnc3c2)o1. The molecule has 0 unspecified atom stereocenters. The molecule has 0 saturated heterocycles. The average molecular weight is 307 g/mol. The number of fused-ring (bicyclic) bond motifs is 1. The van der Waals surface area contributed by atoms with Crippen LogP contribution in [0.15, 0.2) is 50.7 Å². The highest BCUT2D eigenvalue weighted by Gasteiger charge is 2.17. The minimum absolute atomic E-state index is 0.167. The number of anilines is 1. The molecule has 0 aliphatic heterocycles. The maximum Gasteiger partial charge on any atom is 0.291 e. The number of carbonyl (C=O) groups is 1. The van der Waals surface area contributed by atoms with Gasteiger partial charge in [0.25, 0.3) is 15.9 Å². The Labute approximate surface area is 118 Å². The normalized spacial score (nSPS) is 11.7. The van der Waals surface area contributed by atoms with Crippen LogP contribution in [0.3, 0.4) is 0 Å². The van der Waals surface area contributed by atoms with Crippen LogP contribution in [0, 0.1) is 0 Å². The van der Waals surface area contributed by atoms with Gasteiger partial charge in [-0.2, -0.15) is 0 Å². The molecule has 3 N–H and O–H groups in total. The molecule has 0 saturated carbocycles. The largest absolute Gasteiger partial charge is 0.443 e. The number of aromatic nitrogens is 1. The van der Waals surface area contributed by atoms with Crippen molar-refractivity contribution in [2.24, 2.45) is 5.14 Å². The molecule has 8 nitrogen and oxygen atoms in total. The second-order valence-corrected chi connectivity index (χ2v) is 5.65. The van der Waals surface area contributed by atoms with Crippen molar-refractivity contribution in [1.82, 2.24) is 4.98 Å². The molecule has 3 rings (SSSR count). The van der Waals surface area contributed by atoms with Gasteiger partial charge in [0.2, 0.25) is 5.09 Å². The number of hydrogen-bond acceptors (Lipinski definition) is 6. The fourth-order valence-corrected chi connectivity index (χ4v) is 2.19. The topological polar surface area (TPSA) is 128 Å². The lowest BCUT2D eigenvalue weighted by atomic mass is 10.3. The lowest BCUT2D eigenvalue weighted by molar-refractivity contribution is 0.0991. The molecule has 0 bridgehead atoms. The Balaban J connectivity index is 1.84. The molecule has 9 heteroatoms. The first kappa shape index (κ1) is 13.3. The van der Waals surface area contributed by atoms with Gasteiger partial charge in [0.15, 0.2) is 17.7 Å². The van der Waals surface area contributed by atoms with Crippen LogP contribution in [0.5, 0.6) is 0 Å². The molecule has 0 radical (unpaired) electrons. The average Bonchev–Trinajstić information content (AvgIpc) is 3.06. The van der Waals surface area contributed by atoms with E-state index in [2.05, 4.69) is 10.3 Å². The number of nitrogens with zero attached hydrogens (tertiary/aromatic N) is 1. The van der Waals surface area contributed by atoms with Gasteiger partial charge in [-0.05, 0) is 30.3 Å². The molecular weight excluding hydrogens is 298 g/mol. The van der Waals surface area contributed by atoms with E-state index in [1.165, 1.54) is 12.5 Å². The highest BCUT2D eigenvalue weighted by Crippen LogP contribution is 2.19. The second kappa shape index (κ2) is 4.72. The summed E-state index contributed by atoms with van der Waals surface area (Å²) in [7, 11) is -3.98. The van der Waals surface area contributed by atoms with Crippen molar-refractivity contribution in [3.8, 4) is 0 Å². The summed E-state index contributed by atoms with van der Waals surface area (Å²) >= 11 is 0. The van der Waals surface area contributed by atoms with Gasteiger partial charge in [0.1, 0.15) is 5.52 Å². The molecule has 0 aliphatic rings. The molecule has 0 fully saturated rings. The fraction of sp³-hybridized carbons (Fsp3) is 0. The van der Waals surface area contributed by atoms with E-state index < -0.39 is 21.0 Å². The van der Waals surface area contributed by atoms with Gasteiger partial charge >= 0.3 is 0 Å². The lowest BCUT2D eigenvalue weighted by Gasteiger charge is -2.02. The Bertz CT molecular complexity index is 925. The molecule has 0 atom stereocenters. The highest BCUT2D eigenvalue weighted by molar-refractivity contribution is 7.89. The first-order valence-electron chi connectivity index (χ1n) is 5.71. The number of furan rings is 1. The fourth-order valence-electron chi connectivity index (χ4n) is 1.72. The van der Waals surface area contributed by atoms with Crippen molar-refractivity contribution < 1.29 is 22.0 Å². The molecule has 2 heterocycles. The summed E-state index contributed by atoms with van der Waals surface area (Å²) in [6.07, 6.45) is 1.29. The Kier molecular flexibility index (Phi) is 3.00. The number of hydrogen-bond donors (Lipinski definition) is 2. The van der Waals surface area contributed by atoms with Gasteiger partial charge in [0.05, 0.1) is 0 Å². The number of sulfonamides is 1. The van der Waals surface area contributed by atoms with Crippen LogP contribution in [-0.2, 0) is 10.0 Å². The van der Waals surface area contributed by atoms with Crippen molar-refractivity contribution in [2.45, 2.75) is 5.09 Å². The van der Waals surface area contributed by atoms with Crippen LogP contribution < -0.4 is 10.5 Å². The first-order chi connectivity index (χ1) is 9.93. The minimum atomic E-state index is -3.98. The zero-order valence-electron chi connectivity index (χ0n) is 10.4. The number of primary sulfonamides is 1. The highest BCUT2D eigenvalue weighted by atomic mass is 32.2. The quantitative estimate of drug-likeness (QED) is 0.750. The molecule has 21 heavy (non-hydrogen) atoms. The van der Waals surface area contributed by atoms with Gasteiger partial charge < -0.3 is 14.2 Å². The predicted octanol–water partition coefficient (Wildman–Crippen LogP) is 1.32. The van der Waals surface area contributed by atoms with Crippen LogP contribution in [0.4, 0.5) is 5.69 Å². The minimum Gasteiger partial charge on any atom is -0.443 e. The van der Waals surface area contributed by atoms with Crippen LogP contribution in [0.2, 0.25) is 0 Å². The summed E-state index contributed by atoms with van der Waals surface area (Å²) in [6, 6.07) is 7.22. The monoisotopic (exact) mass is 307 g/mol. The van der Waals surface area contributed by atoms with Gasteiger partial charge in [0, 0.05) is 5.69 Å². The van der Waals surface area contributed by atoms with Crippen LogP contribution in [0.1, 0.15) is 10.6 Å². The van der Waals surface area contributed by atoms with E-state index in [-0.39, 0.29) is 5.76 Å². The van der Waals surface area contributed by atoms with E-state index in [9.17, 15) is 13.2 Å². The Morgan fingerprint density at radius 1 is 1.24 bits per heavy atom. The van der Waals surface area contributed by atoms with Crippen molar-refractivity contribution in [2.75, 3.05) is 5.32 Å². The summed E-state index contributed by atoms with van der Waals surface area (Å²) in [5.41, 5.74) is 1.63. The number of rotatable bonds is 3. The number of benzene rings is 1. The Hall–Kier alpha value is -2.65. The van der Waals surface area contributed by atoms with E-state index in [0.717, 1.165) is 6.07 Å². The Morgan fingerprint density at radius 3 is 2.76 bits per heavy atom. The molecule has 108 valence electrons.